The van der Waals surface area contributed by atoms with Crippen molar-refractivity contribution in [3.05, 3.63) is 52.3 Å². The average molecular weight is 446 g/mol. The predicted octanol–water partition coefficient (Wildman–Crippen LogP) is 5.24. The summed E-state index contributed by atoms with van der Waals surface area (Å²) < 4.78 is 12.5. The number of halogens is 1. The molecule has 2 N–H and O–H groups in total. The zero-order valence-corrected chi connectivity index (χ0v) is 18.1. The molecule has 5 nitrogen and oxygen atoms in total. The summed E-state index contributed by atoms with van der Waals surface area (Å²) in [5.41, 5.74) is 3.30. The molecule has 0 fully saturated rings. The molecule has 28 heavy (non-hydrogen) atoms. The fraction of sp³-hybridized carbons (Fsp3) is 0.409. The van der Waals surface area contributed by atoms with Gasteiger partial charge in [-0.3, -0.25) is 0 Å². The maximum absolute atomic E-state index is 5.84. The SMILES string of the molecule is CCCOc1c(Br)cc(CNCCCc2nc3ccccc3[nH]2)cc1OCC. The standard InChI is InChI=1S/C22H28BrN3O2/c1-3-12-28-22-17(23)13-16(14-20(22)27-4-2)15-24-11-7-10-21-25-18-8-5-6-9-19(18)26-21/h5-6,8-9,13-14,24H,3-4,7,10-12,15H2,1-2H3,(H,25,26). The summed E-state index contributed by atoms with van der Waals surface area (Å²) in [5, 5.41) is 3.51. The number of hydrogen-bond donors (Lipinski definition) is 2. The molecule has 0 saturated carbocycles. The highest BCUT2D eigenvalue weighted by Gasteiger charge is 2.12. The van der Waals surface area contributed by atoms with Crippen LogP contribution in [0.15, 0.2) is 40.9 Å². The Balaban J connectivity index is 1.50. The van der Waals surface area contributed by atoms with Gasteiger partial charge in [-0.15, -0.1) is 0 Å². The van der Waals surface area contributed by atoms with E-state index in [0.29, 0.717) is 13.2 Å². The van der Waals surface area contributed by atoms with E-state index in [1.54, 1.807) is 0 Å². The van der Waals surface area contributed by atoms with Crippen LogP contribution in [0.1, 0.15) is 38.1 Å². The van der Waals surface area contributed by atoms with Gasteiger partial charge < -0.3 is 19.8 Å². The molecule has 0 amide bonds. The number of para-hydroxylation sites is 2. The van der Waals surface area contributed by atoms with Crippen LogP contribution in [0.4, 0.5) is 0 Å². The summed E-state index contributed by atoms with van der Waals surface area (Å²) in [5.74, 6) is 2.63. The highest BCUT2D eigenvalue weighted by Crippen LogP contribution is 2.37. The highest BCUT2D eigenvalue weighted by molar-refractivity contribution is 9.10. The van der Waals surface area contributed by atoms with Crippen LogP contribution in [0.3, 0.4) is 0 Å². The van der Waals surface area contributed by atoms with Gasteiger partial charge >= 0.3 is 0 Å². The Kier molecular flexibility index (Phi) is 7.74. The van der Waals surface area contributed by atoms with Crippen molar-refractivity contribution in [2.75, 3.05) is 19.8 Å². The summed E-state index contributed by atoms with van der Waals surface area (Å²) >= 11 is 3.62. The number of hydrogen-bond acceptors (Lipinski definition) is 4. The number of imidazole rings is 1. The second kappa shape index (κ2) is 10.5. The predicted molar refractivity (Wildman–Crippen MR) is 117 cm³/mol. The van der Waals surface area contributed by atoms with E-state index < -0.39 is 0 Å². The van der Waals surface area contributed by atoms with Gasteiger partial charge in [-0.1, -0.05) is 19.1 Å². The second-order valence-corrected chi connectivity index (χ2v) is 7.52. The maximum Gasteiger partial charge on any atom is 0.175 e. The molecule has 1 aromatic heterocycles. The first-order chi connectivity index (χ1) is 13.7. The molecule has 0 aliphatic heterocycles. The minimum absolute atomic E-state index is 0.614. The van der Waals surface area contributed by atoms with Crippen molar-refractivity contribution in [2.24, 2.45) is 0 Å². The van der Waals surface area contributed by atoms with Crippen molar-refractivity contribution >= 4 is 27.0 Å². The number of fused-ring (bicyclic) bond motifs is 1. The molecule has 3 rings (SSSR count). The Labute approximate surface area is 175 Å². The molecule has 0 spiro atoms. The number of benzene rings is 2. The van der Waals surface area contributed by atoms with Crippen LogP contribution < -0.4 is 14.8 Å². The molecule has 1 heterocycles. The summed E-state index contributed by atoms with van der Waals surface area (Å²) in [6.07, 6.45) is 2.92. The zero-order chi connectivity index (χ0) is 19.8. The van der Waals surface area contributed by atoms with Gasteiger partial charge in [0, 0.05) is 13.0 Å². The van der Waals surface area contributed by atoms with Crippen molar-refractivity contribution in [1.82, 2.24) is 15.3 Å². The molecule has 3 aromatic rings. The third-order valence-electron chi connectivity index (χ3n) is 4.35. The molecule has 2 aromatic carbocycles. The number of aryl methyl sites for hydroxylation is 1. The van der Waals surface area contributed by atoms with Gasteiger partial charge in [0.15, 0.2) is 11.5 Å². The van der Waals surface area contributed by atoms with Crippen LogP contribution >= 0.6 is 15.9 Å². The molecule has 0 bridgehead atoms. The van der Waals surface area contributed by atoms with Gasteiger partial charge in [-0.2, -0.15) is 0 Å². The Hall–Kier alpha value is -2.05. The topological polar surface area (TPSA) is 59.2 Å². The molecule has 150 valence electrons. The minimum Gasteiger partial charge on any atom is -0.490 e. The monoisotopic (exact) mass is 445 g/mol. The Morgan fingerprint density at radius 1 is 1.14 bits per heavy atom. The van der Waals surface area contributed by atoms with E-state index in [4.69, 9.17) is 9.47 Å². The van der Waals surface area contributed by atoms with Gasteiger partial charge in [0.05, 0.1) is 28.7 Å². The third kappa shape index (κ3) is 5.49. The molecule has 0 saturated heterocycles. The lowest BCUT2D eigenvalue weighted by atomic mass is 10.2. The lowest BCUT2D eigenvalue weighted by Crippen LogP contribution is -2.16. The normalized spacial score (nSPS) is 11.1. The number of aromatic amines is 1. The smallest absolute Gasteiger partial charge is 0.175 e. The molecule has 0 unspecified atom stereocenters. The number of ether oxygens (including phenoxy) is 2. The Bertz CT molecular complexity index is 862. The first-order valence-corrected chi connectivity index (χ1v) is 10.7. The summed E-state index contributed by atoms with van der Waals surface area (Å²) in [6, 6.07) is 12.3. The van der Waals surface area contributed by atoms with Crippen molar-refractivity contribution in [3.8, 4) is 11.5 Å². The first kappa shape index (κ1) is 20.7. The third-order valence-corrected chi connectivity index (χ3v) is 4.94. The quantitative estimate of drug-likeness (QED) is 0.396. The van der Waals surface area contributed by atoms with E-state index in [2.05, 4.69) is 56.3 Å². The first-order valence-electron chi connectivity index (χ1n) is 9.93. The van der Waals surface area contributed by atoms with Crippen LogP contribution in [-0.4, -0.2) is 29.7 Å². The molecule has 0 aliphatic carbocycles. The molecular weight excluding hydrogens is 418 g/mol. The van der Waals surface area contributed by atoms with E-state index in [-0.39, 0.29) is 0 Å². The van der Waals surface area contributed by atoms with E-state index in [0.717, 1.165) is 65.2 Å². The van der Waals surface area contributed by atoms with Crippen LogP contribution in [0.5, 0.6) is 11.5 Å². The van der Waals surface area contributed by atoms with E-state index in [1.165, 1.54) is 5.56 Å². The fourth-order valence-electron chi connectivity index (χ4n) is 3.07. The zero-order valence-electron chi connectivity index (χ0n) is 16.6. The van der Waals surface area contributed by atoms with Crippen molar-refractivity contribution in [1.29, 1.82) is 0 Å². The number of nitrogens with zero attached hydrogens (tertiary/aromatic N) is 1. The van der Waals surface area contributed by atoms with Crippen LogP contribution in [0.25, 0.3) is 11.0 Å². The average Bonchev–Trinajstić information content (AvgIpc) is 3.10. The van der Waals surface area contributed by atoms with Gasteiger partial charge in [0.1, 0.15) is 5.82 Å². The number of rotatable bonds is 11. The van der Waals surface area contributed by atoms with Crippen LogP contribution in [-0.2, 0) is 13.0 Å². The fourth-order valence-corrected chi connectivity index (χ4v) is 3.67. The van der Waals surface area contributed by atoms with E-state index >= 15 is 0 Å². The summed E-state index contributed by atoms with van der Waals surface area (Å²) in [7, 11) is 0. The van der Waals surface area contributed by atoms with Crippen LogP contribution in [0.2, 0.25) is 0 Å². The van der Waals surface area contributed by atoms with Crippen molar-refractivity contribution in [2.45, 2.75) is 39.7 Å². The van der Waals surface area contributed by atoms with E-state index in [9.17, 15) is 0 Å². The molecule has 0 radical (unpaired) electrons. The molecule has 0 atom stereocenters. The minimum atomic E-state index is 0.614. The number of aromatic nitrogens is 2. The highest BCUT2D eigenvalue weighted by atomic mass is 79.9. The van der Waals surface area contributed by atoms with Crippen molar-refractivity contribution < 1.29 is 9.47 Å². The largest absolute Gasteiger partial charge is 0.490 e. The number of nitrogens with one attached hydrogen (secondary N) is 2. The Morgan fingerprint density at radius 3 is 2.79 bits per heavy atom. The number of H-pyrrole nitrogens is 1. The van der Waals surface area contributed by atoms with E-state index in [1.807, 2.05) is 25.1 Å². The van der Waals surface area contributed by atoms with Gasteiger partial charge in [-0.25, -0.2) is 4.98 Å². The van der Waals surface area contributed by atoms with Gasteiger partial charge in [0.2, 0.25) is 0 Å². The molecule has 6 heteroatoms. The van der Waals surface area contributed by atoms with Crippen LogP contribution in [0, 0.1) is 0 Å². The molecule has 0 aliphatic rings. The summed E-state index contributed by atoms with van der Waals surface area (Å²) in [6.45, 7) is 7.08. The maximum atomic E-state index is 5.84. The second-order valence-electron chi connectivity index (χ2n) is 6.67. The van der Waals surface area contributed by atoms with Gasteiger partial charge in [-0.05, 0) is 72.1 Å². The summed E-state index contributed by atoms with van der Waals surface area (Å²) in [4.78, 5) is 8.01. The Morgan fingerprint density at radius 2 is 2.00 bits per heavy atom. The van der Waals surface area contributed by atoms with Gasteiger partial charge in [0.25, 0.3) is 0 Å². The lowest BCUT2D eigenvalue weighted by molar-refractivity contribution is 0.275. The lowest BCUT2D eigenvalue weighted by Gasteiger charge is -2.15. The van der Waals surface area contributed by atoms with Crippen molar-refractivity contribution in [3.63, 3.8) is 0 Å². The molecular formula is C22H28BrN3O2.